The van der Waals surface area contributed by atoms with Gasteiger partial charge in [0.05, 0.1) is 11.9 Å². The van der Waals surface area contributed by atoms with Crippen LogP contribution >= 0.6 is 0 Å². The van der Waals surface area contributed by atoms with Gasteiger partial charge in [-0.3, -0.25) is 5.10 Å². The molecule has 1 unspecified atom stereocenters. The Morgan fingerprint density at radius 3 is 2.83 bits per heavy atom. The number of hydrogen-bond donors (Lipinski definition) is 1. The minimum absolute atomic E-state index is 0.0688. The summed E-state index contributed by atoms with van der Waals surface area (Å²) in [5.41, 5.74) is 0.602. The van der Waals surface area contributed by atoms with Crippen molar-refractivity contribution in [3.63, 3.8) is 0 Å². The van der Waals surface area contributed by atoms with Gasteiger partial charge in [-0.1, -0.05) is 0 Å². The van der Waals surface area contributed by atoms with E-state index in [1.165, 1.54) is 6.20 Å². The normalized spacial score (nSPS) is 21.9. The number of hydrogen-bond acceptors (Lipinski definition) is 4. The van der Waals surface area contributed by atoms with Gasteiger partial charge < -0.3 is 4.90 Å². The molecule has 1 aromatic rings. The van der Waals surface area contributed by atoms with Gasteiger partial charge in [0.1, 0.15) is 4.90 Å². The van der Waals surface area contributed by atoms with Crippen molar-refractivity contribution >= 4 is 10.0 Å². The Bertz CT molecular complexity index is 509. The average molecular weight is 272 g/mol. The topological polar surface area (TPSA) is 69.3 Å². The highest BCUT2D eigenvalue weighted by atomic mass is 32.2. The molecular weight excluding hydrogens is 252 g/mol. The second-order valence-electron chi connectivity index (χ2n) is 5.03. The third kappa shape index (κ3) is 2.43. The molecule has 102 valence electrons. The molecule has 0 saturated carbocycles. The van der Waals surface area contributed by atoms with E-state index in [1.807, 2.05) is 19.0 Å². The maximum atomic E-state index is 12.6. The number of aromatic amines is 1. The van der Waals surface area contributed by atoms with E-state index in [0.717, 1.165) is 19.4 Å². The molecule has 0 aliphatic carbocycles. The number of aryl methyl sites for hydroxylation is 1. The third-order valence-corrected chi connectivity index (χ3v) is 5.33. The van der Waals surface area contributed by atoms with Gasteiger partial charge in [0.2, 0.25) is 10.0 Å². The first kappa shape index (κ1) is 13.5. The van der Waals surface area contributed by atoms with Crippen molar-refractivity contribution in [3.8, 4) is 0 Å². The van der Waals surface area contributed by atoms with Crippen molar-refractivity contribution in [1.29, 1.82) is 0 Å². The van der Waals surface area contributed by atoms with Crippen LogP contribution in [-0.2, 0) is 10.0 Å². The molecule has 18 heavy (non-hydrogen) atoms. The van der Waals surface area contributed by atoms with Crippen LogP contribution < -0.4 is 0 Å². The molecule has 0 spiro atoms. The zero-order chi connectivity index (χ0) is 13.3. The summed E-state index contributed by atoms with van der Waals surface area (Å²) in [4.78, 5) is 2.33. The van der Waals surface area contributed by atoms with Crippen LogP contribution in [0.3, 0.4) is 0 Å². The monoisotopic (exact) mass is 272 g/mol. The van der Waals surface area contributed by atoms with Crippen molar-refractivity contribution in [3.05, 3.63) is 11.9 Å². The van der Waals surface area contributed by atoms with Crippen LogP contribution in [0.4, 0.5) is 0 Å². The van der Waals surface area contributed by atoms with Crippen molar-refractivity contribution in [2.24, 2.45) is 0 Å². The Morgan fingerprint density at radius 1 is 1.56 bits per heavy atom. The first-order chi connectivity index (χ1) is 8.43. The van der Waals surface area contributed by atoms with E-state index < -0.39 is 10.0 Å². The molecule has 1 atom stereocenters. The lowest BCUT2D eigenvalue weighted by molar-refractivity contribution is 0.291. The molecule has 0 amide bonds. The summed E-state index contributed by atoms with van der Waals surface area (Å²) < 4.78 is 26.7. The highest BCUT2D eigenvalue weighted by Crippen LogP contribution is 2.27. The second-order valence-corrected chi connectivity index (χ2v) is 6.89. The van der Waals surface area contributed by atoms with Crippen LogP contribution in [0.5, 0.6) is 0 Å². The molecule has 1 aromatic heterocycles. The summed E-state index contributed by atoms with van der Waals surface area (Å²) in [7, 11) is 0.521. The fourth-order valence-corrected chi connectivity index (χ4v) is 4.26. The summed E-state index contributed by atoms with van der Waals surface area (Å²) in [6.45, 7) is 3.10. The van der Waals surface area contributed by atoms with E-state index in [2.05, 4.69) is 10.2 Å². The SMILES string of the molecule is Cc1[nH]ncc1S(=O)(=O)N1CCCC1CN(C)C. The number of H-pyrrole nitrogens is 1. The van der Waals surface area contributed by atoms with Crippen LogP contribution in [0.2, 0.25) is 0 Å². The van der Waals surface area contributed by atoms with E-state index in [4.69, 9.17) is 0 Å². The molecule has 0 bridgehead atoms. The lowest BCUT2D eigenvalue weighted by atomic mass is 10.2. The van der Waals surface area contributed by atoms with Gasteiger partial charge in [0, 0.05) is 19.1 Å². The summed E-state index contributed by atoms with van der Waals surface area (Å²) in [6.07, 6.45) is 3.25. The minimum atomic E-state index is -3.41. The number of nitrogens with zero attached hydrogens (tertiary/aromatic N) is 3. The third-order valence-electron chi connectivity index (χ3n) is 3.27. The zero-order valence-corrected chi connectivity index (χ0v) is 11.9. The van der Waals surface area contributed by atoms with Crippen LogP contribution in [0, 0.1) is 6.92 Å². The molecule has 1 fully saturated rings. The Hall–Kier alpha value is -0.920. The van der Waals surface area contributed by atoms with Gasteiger partial charge in [-0.15, -0.1) is 0 Å². The lowest BCUT2D eigenvalue weighted by Crippen LogP contribution is -2.41. The first-order valence-electron chi connectivity index (χ1n) is 6.09. The highest BCUT2D eigenvalue weighted by Gasteiger charge is 2.36. The molecule has 7 heteroatoms. The maximum absolute atomic E-state index is 12.6. The summed E-state index contributed by atoms with van der Waals surface area (Å²) in [6, 6.07) is 0.0688. The predicted octanol–water partition coefficient (Wildman–Crippen LogP) is 0.433. The van der Waals surface area contributed by atoms with E-state index in [-0.39, 0.29) is 6.04 Å². The molecular formula is C11H20N4O2S. The summed E-state index contributed by atoms with van der Waals surface area (Å²) in [5.74, 6) is 0. The van der Waals surface area contributed by atoms with E-state index in [0.29, 0.717) is 17.1 Å². The Morgan fingerprint density at radius 2 is 2.28 bits per heavy atom. The van der Waals surface area contributed by atoms with Gasteiger partial charge in [0.25, 0.3) is 0 Å². The molecule has 2 rings (SSSR count). The van der Waals surface area contributed by atoms with Gasteiger partial charge >= 0.3 is 0 Å². The van der Waals surface area contributed by atoms with Crippen molar-refractivity contribution in [2.75, 3.05) is 27.2 Å². The van der Waals surface area contributed by atoms with E-state index in [9.17, 15) is 8.42 Å². The number of sulfonamides is 1. The van der Waals surface area contributed by atoms with Gasteiger partial charge in [-0.25, -0.2) is 8.42 Å². The van der Waals surface area contributed by atoms with Crippen molar-refractivity contribution in [1.82, 2.24) is 19.4 Å². The molecule has 1 N–H and O–H groups in total. The van der Waals surface area contributed by atoms with Gasteiger partial charge in [-0.2, -0.15) is 9.40 Å². The second kappa shape index (κ2) is 4.99. The smallest absolute Gasteiger partial charge is 0.246 e. The van der Waals surface area contributed by atoms with Crippen LogP contribution in [0.25, 0.3) is 0 Å². The van der Waals surface area contributed by atoms with E-state index >= 15 is 0 Å². The van der Waals surface area contributed by atoms with Crippen LogP contribution in [-0.4, -0.2) is 61.0 Å². The molecule has 0 aromatic carbocycles. The maximum Gasteiger partial charge on any atom is 0.246 e. The van der Waals surface area contributed by atoms with Crippen LogP contribution in [0.15, 0.2) is 11.1 Å². The highest BCUT2D eigenvalue weighted by molar-refractivity contribution is 7.89. The first-order valence-corrected chi connectivity index (χ1v) is 7.53. The molecule has 1 aliphatic rings. The predicted molar refractivity (Wildman–Crippen MR) is 68.8 cm³/mol. The van der Waals surface area contributed by atoms with Gasteiger partial charge in [0.15, 0.2) is 0 Å². The summed E-state index contributed by atoms with van der Waals surface area (Å²) >= 11 is 0. The number of aromatic nitrogens is 2. The van der Waals surface area contributed by atoms with Crippen molar-refractivity contribution < 1.29 is 8.42 Å². The molecule has 1 aliphatic heterocycles. The van der Waals surface area contributed by atoms with Gasteiger partial charge in [-0.05, 0) is 33.9 Å². The van der Waals surface area contributed by atoms with E-state index in [1.54, 1.807) is 11.2 Å². The Kier molecular flexibility index (Phi) is 3.74. The number of rotatable bonds is 4. The Balaban J connectivity index is 2.27. The van der Waals surface area contributed by atoms with Crippen LogP contribution in [0.1, 0.15) is 18.5 Å². The van der Waals surface area contributed by atoms with Crippen molar-refractivity contribution in [2.45, 2.75) is 30.7 Å². The summed E-state index contributed by atoms with van der Waals surface area (Å²) in [5, 5.41) is 6.49. The Labute approximate surface area is 108 Å². The fourth-order valence-electron chi connectivity index (χ4n) is 2.46. The standard InChI is InChI=1S/C11H20N4O2S/c1-9-11(7-12-13-9)18(16,17)15-6-4-5-10(15)8-14(2)3/h7,10H,4-6,8H2,1-3H3,(H,12,13). The molecule has 6 nitrogen and oxygen atoms in total. The molecule has 1 saturated heterocycles. The number of likely N-dealkylation sites (N-methyl/N-ethyl adjacent to an activating group) is 1. The quantitative estimate of drug-likeness (QED) is 0.863. The number of nitrogens with one attached hydrogen (secondary N) is 1. The zero-order valence-electron chi connectivity index (χ0n) is 11.0. The fraction of sp³-hybridized carbons (Fsp3) is 0.727. The average Bonchev–Trinajstić information content (AvgIpc) is 2.86. The molecule has 0 radical (unpaired) electrons. The lowest BCUT2D eigenvalue weighted by Gasteiger charge is -2.26. The minimum Gasteiger partial charge on any atom is -0.308 e. The largest absolute Gasteiger partial charge is 0.308 e. The molecule has 2 heterocycles.